The lowest BCUT2D eigenvalue weighted by Gasteiger charge is -2.33. The fourth-order valence-corrected chi connectivity index (χ4v) is 4.74. The van der Waals surface area contributed by atoms with Crippen molar-refractivity contribution in [1.29, 1.82) is 0 Å². The Morgan fingerprint density at radius 3 is 3.04 bits per heavy atom. The van der Waals surface area contributed by atoms with Crippen molar-refractivity contribution in [2.24, 2.45) is 0 Å². The van der Waals surface area contributed by atoms with E-state index in [2.05, 4.69) is 21.5 Å². The molecule has 3 aromatic heterocycles. The fourth-order valence-electron chi connectivity index (χ4n) is 3.77. The maximum Gasteiger partial charge on any atom is 0.259 e. The summed E-state index contributed by atoms with van der Waals surface area (Å²) in [6.45, 7) is 2.72. The first kappa shape index (κ1) is 15.3. The number of aromatic amines is 1. The van der Waals surface area contributed by atoms with Crippen molar-refractivity contribution in [3.63, 3.8) is 0 Å². The Bertz CT molecular complexity index is 1220. The van der Waals surface area contributed by atoms with Gasteiger partial charge >= 0.3 is 0 Å². The maximum absolute atomic E-state index is 13.2. The van der Waals surface area contributed by atoms with Crippen molar-refractivity contribution >= 4 is 33.8 Å². The van der Waals surface area contributed by atoms with E-state index in [1.54, 1.807) is 28.1 Å². The normalized spacial score (nSPS) is 17.0. The molecule has 5 rings (SSSR count). The molecule has 4 aromatic rings. The van der Waals surface area contributed by atoms with Gasteiger partial charge in [0, 0.05) is 11.4 Å². The van der Waals surface area contributed by atoms with Gasteiger partial charge in [0.05, 0.1) is 23.1 Å². The van der Waals surface area contributed by atoms with E-state index in [9.17, 15) is 9.59 Å². The van der Waals surface area contributed by atoms with Crippen molar-refractivity contribution in [3.8, 4) is 0 Å². The van der Waals surface area contributed by atoms with Crippen molar-refractivity contribution in [2.45, 2.75) is 19.4 Å². The lowest BCUT2D eigenvalue weighted by molar-refractivity contribution is 0.0681. The third kappa shape index (κ3) is 2.07. The first-order chi connectivity index (χ1) is 12.6. The number of amides is 1. The van der Waals surface area contributed by atoms with Crippen molar-refractivity contribution in [2.75, 3.05) is 6.54 Å². The predicted octanol–water partition coefficient (Wildman–Crippen LogP) is 3.00. The van der Waals surface area contributed by atoms with Gasteiger partial charge in [-0.15, -0.1) is 11.3 Å². The highest BCUT2D eigenvalue weighted by atomic mass is 32.1. The first-order valence-electron chi connectivity index (χ1n) is 8.51. The minimum atomic E-state index is -0.213. The van der Waals surface area contributed by atoms with E-state index in [-0.39, 0.29) is 17.5 Å². The van der Waals surface area contributed by atoms with Crippen molar-refractivity contribution < 1.29 is 4.79 Å². The molecule has 0 saturated carbocycles. The number of hydrogen-bond acceptors (Lipinski definition) is 4. The molecule has 130 valence electrons. The summed E-state index contributed by atoms with van der Waals surface area (Å²) in [5, 5.41) is 6.99. The van der Waals surface area contributed by atoms with Crippen LogP contribution in [0.3, 0.4) is 0 Å². The van der Waals surface area contributed by atoms with E-state index in [1.807, 2.05) is 30.0 Å². The highest BCUT2D eigenvalue weighted by Gasteiger charge is 2.30. The van der Waals surface area contributed by atoms with Crippen LogP contribution >= 0.6 is 11.3 Å². The molecule has 0 spiro atoms. The maximum atomic E-state index is 13.2. The highest BCUT2D eigenvalue weighted by Crippen LogP contribution is 2.34. The smallest absolute Gasteiger partial charge is 0.259 e. The van der Waals surface area contributed by atoms with Crippen LogP contribution in [0.4, 0.5) is 0 Å². The Hall–Kier alpha value is -2.93. The van der Waals surface area contributed by atoms with Crippen LogP contribution in [0.15, 0.2) is 46.7 Å². The summed E-state index contributed by atoms with van der Waals surface area (Å²) in [6.07, 6.45) is 2.41. The van der Waals surface area contributed by atoms with Gasteiger partial charge in [0.1, 0.15) is 11.2 Å². The number of hydrogen-bond donors (Lipinski definition) is 1. The molecule has 1 atom stereocenters. The molecular formula is C19H16N4O2S. The Morgan fingerprint density at radius 1 is 1.31 bits per heavy atom. The second kappa shape index (κ2) is 5.54. The van der Waals surface area contributed by atoms with E-state index in [1.165, 1.54) is 10.4 Å². The molecule has 0 saturated heterocycles. The lowest BCUT2D eigenvalue weighted by Crippen LogP contribution is -2.38. The average molecular weight is 364 g/mol. The quantitative estimate of drug-likeness (QED) is 0.564. The van der Waals surface area contributed by atoms with Crippen LogP contribution in [0, 0.1) is 0 Å². The minimum absolute atomic E-state index is 0.0135. The Labute approximate surface area is 152 Å². The molecule has 0 fully saturated rings. The molecule has 1 amide bonds. The molecule has 0 aliphatic carbocycles. The number of nitrogens with one attached hydrogen (secondary N) is 1. The SMILES string of the molecule is CC1c2ccsc2CCN1C(=O)c1cnn2c1[nH]c(=O)c1ccccc12. The summed E-state index contributed by atoms with van der Waals surface area (Å²) in [5.74, 6) is -0.102. The number of aromatic nitrogens is 3. The van der Waals surface area contributed by atoms with Crippen LogP contribution in [0.1, 0.15) is 33.8 Å². The molecule has 1 aromatic carbocycles. The molecule has 6 nitrogen and oxygen atoms in total. The molecule has 4 heterocycles. The molecule has 1 aliphatic heterocycles. The molecule has 7 heteroatoms. The topological polar surface area (TPSA) is 70.5 Å². The summed E-state index contributed by atoms with van der Waals surface area (Å²) in [4.78, 5) is 31.7. The van der Waals surface area contributed by atoms with E-state index in [0.717, 1.165) is 6.42 Å². The van der Waals surface area contributed by atoms with Crippen LogP contribution in [-0.4, -0.2) is 31.9 Å². The van der Waals surface area contributed by atoms with Crippen LogP contribution < -0.4 is 5.56 Å². The molecule has 26 heavy (non-hydrogen) atoms. The van der Waals surface area contributed by atoms with Gasteiger partial charge in [0.15, 0.2) is 0 Å². The Kier molecular flexibility index (Phi) is 3.27. The number of carbonyl (C=O) groups is 1. The number of rotatable bonds is 1. The Balaban J connectivity index is 1.64. The number of carbonyl (C=O) groups excluding carboxylic acids is 1. The molecule has 1 aliphatic rings. The van der Waals surface area contributed by atoms with Crippen LogP contribution in [0.2, 0.25) is 0 Å². The summed E-state index contributed by atoms with van der Waals surface area (Å²) in [6, 6.07) is 9.36. The van der Waals surface area contributed by atoms with Crippen LogP contribution in [0.5, 0.6) is 0 Å². The van der Waals surface area contributed by atoms with Gasteiger partial charge < -0.3 is 9.88 Å². The molecule has 1 N–H and O–H groups in total. The van der Waals surface area contributed by atoms with Gasteiger partial charge in [-0.2, -0.15) is 5.10 Å². The lowest BCUT2D eigenvalue weighted by atomic mass is 10.0. The highest BCUT2D eigenvalue weighted by molar-refractivity contribution is 7.10. The monoisotopic (exact) mass is 364 g/mol. The number of nitrogens with zero attached hydrogens (tertiary/aromatic N) is 3. The fraction of sp³-hybridized carbons (Fsp3) is 0.211. The number of fused-ring (bicyclic) bond motifs is 4. The zero-order chi connectivity index (χ0) is 17.8. The van der Waals surface area contributed by atoms with Gasteiger partial charge in [0.2, 0.25) is 0 Å². The zero-order valence-electron chi connectivity index (χ0n) is 14.1. The Morgan fingerprint density at radius 2 is 2.15 bits per heavy atom. The number of H-pyrrole nitrogens is 1. The van der Waals surface area contributed by atoms with E-state index >= 15 is 0 Å². The third-order valence-electron chi connectivity index (χ3n) is 5.15. The zero-order valence-corrected chi connectivity index (χ0v) is 14.9. The van der Waals surface area contributed by atoms with Gasteiger partial charge in [-0.05, 0) is 42.5 Å². The van der Waals surface area contributed by atoms with E-state index in [4.69, 9.17) is 0 Å². The number of thiophene rings is 1. The minimum Gasteiger partial charge on any atom is -0.331 e. The van der Waals surface area contributed by atoms with Gasteiger partial charge in [0.25, 0.3) is 11.5 Å². The van der Waals surface area contributed by atoms with E-state index < -0.39 is 0 Å². The standard InChI is InChI=1S/C19H16N4O2S/c1-11-12-7-9-26-16(12)6-8-22(11)19(25)14-10-20-23-15-5-3-2-4-13(15)18(24)21-17(14)23/h2-5,7,9-11H,6,8H2,1H3,(H,21,24). The summed E-state index contributed by atoms with van der Waals surface area (Å²) in [5.41, 5.74) is 2.57. The van der Waals surface area contributed by atoms with Crippen molar-refractivity contribution in [3.05, 3.63) is 68.3 Å². The second-order valence-electron chi connectivity index (χ2n) is 6.51. The molecule has 0 radical (unpaired) electrons. The molecule has 1 unspecified atom stereocenters. The second-order valence-corrected chi connectivity index (χ2v) is 7.51. The third-order valence-corrected chi connectivity index (χ3v) is 6.14. The van der Waals surface area contributed by atoms with Crippen molar-refractivity contribution in [1.82, 2.24) is 19.5 Å². The van der Waals surface area contributed by atoms with E-state index in [0.29, 0.717) is 28.7 Å². The van der Waals surface area contributed by atoms with Gasteiger partial charge in [-0.1, -0.05) is 12.1 Å². The van der Waals surface area contributed by atoms with Gasteiger partial charge in [-0.3, -0.25) is 9.59 Å². The summed E-state index contributed by atoms with van der Waals surface area (Å²) >= 11 is 1.74. The summed E-state index contributed by atoms with van der Waals surface area (Å²) in [7, 11) is 0. The van der Waals surface area contributed by atoms with Crippen LogP contribution in [-0.2, 0) is 6.42 Å². The molecular weight excluding hydrogens is 348 g/mol. The predicted molar refractivity (Wildman–Crippen MR) is 101 cm³/mol. The number of para-hydroxylation sites is 1. The first-order valence-corrected chi connectivity index (χ1v) is 9.39. The molecule has 0 bridgehead atoms. The van der Waals surface area contributed by atoms with Crippen LogP contribution in [0.25, 0.3) is 16.6 Å². The number of benzene rings is 1. The average Bonchev–Trinajstić information content (AvgIpc) is 3.29. The largest absolute Gasteiger partial charge is 0.331 e. The summed E-state index contributed by atoms with van der Waals surface area (Å²) < 4.78 is 1.63. The van der Waals surface area contributed by atoms with Gasteiger partial charge in [-0.25, -0.2) is 4.52 Å².